The fourth-order valence-corrected chi connectivity index (χ4v) is 8.78. The summed E-state index contributed by atoms with van der Waals surface area (Å²) in [6.07, 6.45) is 4.26. The summed E-state index contributed by atoms with van der Waals surface area (Å²) in [6.45, 7) is 13.0. The number of amides is 3. The molecule has 19 heteroatoms. The molecule has 2 rings (SSSR count). The van der Waals surface area contributed by atoms with Gasteiger partial charge in [0.1, 0.15) is 5.78 Å². The number of sulfonamides is 3. The average molecular weight is 721 g/mol. The Hall–Kier alpha value is -2.19. The maximum Gasteiger partial charge on any atom is 0.240 e. The Morgan fingerprint density at radius 1 is 0.848 bits per heavy atom. The summed E-state index contributed by atoms with van der Waals surface area (Å²) < 4.78 is 82.4. The van der Waals surface area contributed by atoms with Crippen LogP contribution < -0.4 is 10.5 Å². The Labute approximate surface area is 274 Å². The van der Waals surface area contributed by atoms with Crippen LogP contribution >= 0.6 is 0 Å². The molecule has 0 aromatic heterocycles. The smallest absolute Gasteiger partial charge is 0.240 e. The van der Waals surface area contributed by atoms with Crippen molar-refractivity contribution in [2.75, 3.05) is 32.0 Å². The number of carbonyl (C=O) groups excluding carboxylic acids is 4. The van der Waals surface area contributed by atoms with Gasteiger partial charge in [0, 0.05) is 50.7 Å². The average Bonchev–Trinajstić information content (AvgIpc) is 3.30. The zero-order valence-electron chi connectivity index (χ0n) is 28.5. The van der Waals surface area contributed by atoms with E-state index in [9.17, 15) is 44.4 Å². The molecule has 2 saturated heterocycles. The van der Waals surface area contributed by atoms with Gasteiger partial charge in [0.2, 0.25) is 47.8 Å². The molecular formula is C27H52N4O12S3. The van der Waals surface area contributed by atoms with Crippen LogP contribution in [0.5, 0.6) is 0 Å². The number of ether oxygens (including phenoxy) is 2. The Morgan fingerprint density at radius 2 is 1.26 bits per heavy atom. The van der Waals surface area contributed by atoms with Crippen molar-refractivity contribution in [2.24, 2.45) is 17.6 Å². The van der Waals surface area contributed by atoms with Gasteiger partial charge >= 0.3 is 0 Å². The minimum atomic E-state index is -3.65. The molecule has 0 bridgehead atoms. The summed E-state index contributed by atoms with van der Waals surface area (Å²) in [5.74, 6) is -2.09. The van der Waals surface area contributed by atoms with E-state index in [1.54, 1.807) is 34.6 Å². The van der Waals surface area contributed by atoms with Crippen molar-refractivity contribution < 1.29 is 53.9 Å². The molecule has 5 atom stereocenters. The Kier molecular flexibility index (Phi) is 16.5. The first-order chi connectivity index (χ1) is 20.8. The van der Waals surface area contributed by atoms with E-state index >= 15 is 0 Å². The number of nitrogens with two attached hydrogens (primary N) is 1. The van der Waals surface area contributed by atoms with Gasteiger partial charge in [0.25, 0.3) is 0 Å². The molecule has 16 nitrogen and oxygen atoms in total. The number of nitrogens with one attached hydrogen (secondary N) is 1. The number of Topliss-reactive ketones (excluding diaryl/α,β-unsaturated/α-hetero) is 1. The minimum absolute atomic E-state index is 0.000903. The lowest BCUT2D eigenvalue weighted by Gasteiger charge is -2.38. The van der Waals surface area contributed by atoms with E-state index in [0.717, 1.165) is 27.4 Å². The highest BCUT2D eigenvalue weighted by molar-refractivity contribution is 7.89. The van der Waals surface area contributed by atoms with E-state index in [2.05, 4.69) is 0 Å². The SMILES string of the molecule is CCC(=O)[C@@H](C)CC(=O)NS(C)(=O)=O.CCOC1(CC)[C@@H](C)CC(=O)N1S(C)(=O)=O.CCOC1(CC)[C@@H](N)CC(=O)N1S(C)(=O)=O. The van der Waals surface area contributed by atoms with Crippen LogP contribution in [0.15, 0.2) is 0 Å². The van der Waals surface area contributed by atoms with E-state index in [0.29, 0.717) is 32.5 Å². The van der Waals surface area contributed by atoms with Gasteiger partial charge in [-0.3, -0.25) is 23.9 Å². The second kappa shape index (κ2) is 17.3. The van der Waals surface area contributed by atoms with Crippen molar-refractivity contribution in [3.8, 4) is 0 Å². The highest BCUT2D eigenvalue weighted by Gasteiger charge is 2.56. The Balaban J connectivity index is 0.000000663. The van der Waals surface area contributed by atoms with Crippen LogP contribution in [0, 0.1) is 11.8 Å². The molecule has 3 amide bonds. The van der Waals surface area contributed by atoms with Gasteiger partial charge in [0.15, 0.2) is 11.4 Å². The van der Waals surface area contributed by atoms with Gasteiger partial charge in [-0.05, 0) is 26.7 Å². The van der Waals surface area contributed by atoms with Gasteiger partial charge < -0.3 is 15.2 Å². The van der Waals surface area contributed by atoms with Gasteiger partial charge in [-0.25, -0.2) is 33.9 Å². The summed E-state index contributed by atoms with van der Waals surface area (Å²) >= 11 is 0. The summed E-state index contributed by atoms with van der Waals surface area (Å²) in [7, 11) is -10.7. The molecule has 0 saturated carbocycles. The van der Waals surface area contributed by atoms with Crippen LogP contribution in [0.1, 0.15) is 87.0 Å². The third-order valence-corrected chi connectivity index (χ3v) is 10.5. The van der Waals surface area contributed by atoms with Gasteiger partial charge in [-0.2, -0.15) is 0 Å². The predicted octanol–water partition coefficient (Wildman–Crippen LogP) is 0.673. The molecule has 46 heavy (non-hydrogen) atoms. The normalized spacial score (nSPS) is 25.7. The highest BCUT2D eigenvalue weighted by atomic mass is 32.2. The molecule has 0 aliphatic carbocycles. The lowest BCUT2D eigenvalue weighted by atomic mass is 9.96. The largest absolute Gasteiger partial charge is 0.354 e. The second-order valence-electron chi connectivity index (χ2n) is 11.2. The molecule has 2 aliphatic heterocycles. The summed E-state index contributed by atoms with van der Waals surface area (Å²) in [5.41, 5.74) is 3.64. The first-order valence-corrected chi connectivity index (χ1v) is 20.6. The maximum atomic E-state index is 11.7. The zero-order chi connectivity index (χ0) is 36.5. The van der Waals surface area contributed by atoms with E-state index in [4.69, 9.17) is 15.2 Å². The minimum Gasteiger partial charge on any atom is -0.354 e. The highest BCUT2D eigenvalue weighted by Crippen LogP contribution is 2.41. The molecule has 0 aromatic carbocycles. The number of hydrogen-bond donors (Lipinski definition) is 2. The van der Waals surface area contributed by atoms with Crippen molar-refractivity contribution in [1.82, 2.24) is 13.3 Å². The van der Waals surface area contributed by atoms with Crippen molar-refractivity contribution in [2.45, 2.75) is 104 Å². The van der Waals surface area contributed by atoms with Crippen molar-refractivity contribution in [3.63, 3.8) is 0 Å². The molecular weight excluding hydrogens is 669 g/mol. The van der Waals surface area contributed by atoms with Crippen molar-refractivity contribution in [1.29, 1.82) is 0 Å². The molecule has 2 unspecified atom stereocenters. The summed E-state index contributed by atoms with van der Waals surface area (Å²) in [6, 6.07) is -0.611. The van der Waals surface area contributed by atoms with E-state index < -0.39 is 65.3 Å². The van der Waals surface area contributed by atoms with Crippen LogP contribution in [0.3, 0.4) is 0 Å². The number of rotatable bonds is 13. The standard InChI is InChI=1S/C10H19NO4S.C9H18N2O4S.C8H15NO4S/c1-5-10(15-6-2)8(3)7-9(12)11(10)16(4,13)14;1-4-9(15-5-2)7(10)6-8(12)11(9)16(3,13)14;1-4-7(10)6(2)5-8(11)9-14(3,12)13/h8H,5-7H2,1-4H3;7H,4-6,10H2,1-3H3;6H,4-5H2,1-3H3,(H,9,11)/t8-,10?;7-,9?;6-/m000/s1. The molecule has 0 aromatic rings. The Morgan fingerprint density at radius 3 is 1.63 bits per heavy atom. The van der Waals surface area contributed by atoms with E-state index in [-0.39, 0.29) is 36.9 Å². The van der Waals surface area contributed by atoms with Crippen molar-refractivity contribution >= 4 is 53.6 Å². The Bertz CT molecular complexity index is 1340. The molecule has 2 heterocycles. The third kappa shape index (κ3) is 11.2. The lowest BCUT2D eigenvalue weighted by Crippen LogP contribution is -2.57. The topological polar surface area (TPSA) is 234 Å². The summed E-state index contributed by atoms with van der Waals surface area (Å²) in [5, 5.41) is 0. The molecule has 2 aliphatic rings. The van der Waals surface area contributed by atoms with Crippen LogP contribution in [-0.4, -0.2) is 107 Å². The monoisotopic (exact) mass is 720 g/mol. The zero-order valence-corrected chi connectivity index (χ0v) is 30.9. The van der Waals surface area contributed by atoms with Crippen LogP contribution in [0.2, 0.25) is 0 Å². The second-order valence-corrected chi connectivity index (χ2v) is 16.7. The lowest BCUT2D eigenvalue weighted by molar-refractivity contribution is -0.147. The molecule has 2 fully saturated rings. The van der Waals surface area contributed by atoms with Crippen LogP contribution in [0.4, 0.5) is 0 Å². The molecule has 0 spiro atoms. The summed E-state index contributed by atoms with van der Waals surface area (Å²) in [4.78, 5) is 45.5. The van der Waals surface area contributed by atoms with Gasteiger partial charge in [-0.15, -0.1) is 0 Å². The predicted molar refractivity (Wildman–Crippen MR) is 171 cm³/mol. The van der Waals surface area contributed by atoms with Gasteiger partial charge in [-0.1, -0.05) is 34.6 Å². The number of ketones is 1. The van der Waals surface area contributed by atoms with Crippen molar-refractivity contribution in [3.05, 3.63) is 0 Å². The number of hydrogen-bond acceptors (Lipinski definition) is 13. The first-order valence-electron chi connectivity index (χ1n) is 15.0. The molecule has 0 radical (unpaired) electrons. The molecule has 270 valence electrons. The van der Waals surface area contributed by atoms with E-state index in [1.165, 1.54) is 0 Å². The van der Waals surface area contributed by atoms with E-state index in [1.807, 2.05) is 18.6 Å². The van der Waals surface area contributed by atoms with Crippen LogP contribution in [-0.2, 0) is 58.7 Å². The quantitative estimate of drug-likeness (QED) is 0.267. The third-order valence-electron chi connectivity index (χ3n) is 7.52. The van der Waals surface area contributed by atoms with Crippen LogP contribution in [0.25, 0.3) is 0 Å². The number of carbonyl (C=O) groups is 4. The number of nitrogens with zero attached hydrogens (tertiary/aromatic N) is 2. The fourth-order valence-electron chi connectivity index (χ4n) is 5.60. The fraction of sp³-hybridized carbons (Fsp3) is 0.852. The van der Waals surface area contributed by atoms with Gasteiger partial charge in [0.05, 0.1) is 24.8 Å². The first kappa shape index (κ1) is 43.8. The molecule has 3 N–H and O–H groups in total. The maximum absolute atomic E-state index is 11.7.